The number of aromatic carboxylic acids is 1. The molecule has 0 saturated carbocycles. The van der Waals surface area contributed by atoms with Gasteiger partial charge in [-0.1, -0.05) is 6.07 Å². The molecule has 0 aliphatic heterocycles. The topological polar surface area (TPSA) is 102 Å². The second-order valence-electron chi connectivity index (χ2n) is 4.50. The van der Waals surface area contributed by atoms with E-state index in [1.165, 1.54) is 44.6 Å². The Labute approximate surface area is 133 Å². The molecule has 0 bridgehead atoms. The lowest BCUT2D eigenvalue weighted by atomic mass is 10.2. The van der Waals surface area contributed by atoms with Crippen LogP contribution in [0.15, 0.2) is 47.4 Å². The third kappa shape index (κ3) is 3.72. The third-order valence-electron chi connectivity index (χ3n) is 3.04. The summed E-state index contributed by atoms with van der Waals surface area (Å²) >= 11 is 0. The van der Waals surface area contributed by atoms with E-state index in [0.717, 1.165) is 6.07 Å². The van der Waals surface area contributed by atoms with E-state index in [9.17, 15) is 13.2 Å². The van der Waals surface area contributed by atoms with Crippen molar-refractivity contribution in [2.75, 3.05) is 18.9 Å². The molecule has 0 aliphatic rings. The van der Waals surface area contributed by atoms with Crippen LogP contribution in [0.4, 0.5) is 5.69 Å². The van der Waals surface area contributed by atoms with Crippen molar-refractivity contribution in [3.05, 3.63) is 48.0 Å². The number of hydrogen-bond acceptors (Lipinski definition) is 5. The highest BCUT2D eigenvalue weighted by molar-refractivity contribution is 7.92. The van der Waals surface area contributed by atoms with Crippen molar-refractivity contribution in [1.82, 2.24) is 0 Å². The van der Waals surface area contributed by atoms with Gasteiger partial charge in [-0.25, -0.2) is 13.2 Å². The van der Waals surface area contributed by atoms with Crippen LogP contribution in [-0.2, 0) is 10.0 Å². The first kappa shape index (κ1) is 16.6. The van der Waals surface area contributed by atoms with Crippen LogP contribution in [0.1, 0.15) is 10.4 Å². The van der Waals surface area contributed by atoms with E-state index in [1.807, 2.05) is 0 Å². The number of anilines is 1. The molecule has 23 heavy (non-hydrogen) atoms. The van der Waals surface area contributed by atoms with Gasteiger partial charge in [0.25, 0.3) is 10.0 Å². The average molecular weight is 337 g/mol. The molecule has 0 heterocycles. The van der Waals surface area contributed by atoms with Gasteiger partial charge in [-0.15, -0.1) is 0 Å². The third-order valence-corrected chi connectivity index (χ3v) is 4.41. The zero-order chi connectivity index (χ0) is 17.0. The van der Waals surface area contributed by atoms with Gasteiger partial charge in [0.15, 0.2) is 0 Å². The maximum atomic E-state index is 12.4. The van der Waals surface area contributed by atoms with Gasteiger partial charge in [0.1, 0.15) is 11.5 Å². The van der Waals surface area contributed by atoms with Crippen molar-refractivity contribution < 1.29 is 27.8 Å². The number of methoxy groups -OCH3 is 2. The van der Waals surface area contributed by atoms with Gasteiger partial charge < -0.3 is 14.6 Å². The number of rotatable bonds is 6. The van der Waals surface area contributed by atoms with E-state index in [0.29, 0.717) is 5.75 Å². The lowest BCUT2D eigenvalue weighted by molar-refractivity contribution is 0.0696. The van der Waals surface area contributed by atoms with Crippen molar-refractivity contribution in [3.63, 3.8) is 0 Å². The number of carbonyl (C=O) groups is 1. The SMILES string of the molecule is COc1ccc(NS(=O)(=O)c2cccc(C(=O)O)c2)c(OC)c1. The Morgan fingerprint density at radius 2 is 1.83 bits per heavy atom. The first-order valence-corrected chi connectivity index (χ1v) is 7.94. The minimum Gasteiger partial charge on any atom is -0.497 e. The van der Waals surface area contributed by atoms with Crippen molar-refractivity contribution in [3.8, 4) is 11.5 Å². The van der Waals surface area contributed by atoms with Crippen LogP contribution in [0.25, 0.3) is 0 Å². The van der Waals surface area contributed by atoms with E-state index < -0.39 is 16.0 Å². The normalized spacial score (nSPS) is 10.9. The Balaban J connectivity index is 2.38. The Kier molecular flexibility index (Phi) is 4.75. The molecule has 0 fully saturated rings. The molecule has 2 aromatic rings. The molecule has 0 saturated heterocycles. The Hall–Kier alpha value is -2.74. The first-order valence-electron chi connectivity index (χ1n) is 6.45. The molecular weight excluding hydrogens is 322 g/mol. The second kappa shape index (κ2) is 6.57. The van der Waals surface area contributed by atoms with Crippen LogP contribution in [-0.4, -0.2) is 33.7 Å². The average Bonchev–Trinajstić information content (AvgIpc) is 2.55. The maximum absolute atomic E-state index is 12.4. The molecule has 0 radical (unpaired) electrons. The summed E-state index contributed by atoms with van der Waals surface area (Å²) < 4.78 is 37.4. The number of sulfonamides is 1. The molecule has 0 spiro atoms. The van der Waals surface area contributed by atoms with Crippen molar-refractivity contribution in [2.45, 2.75) is 4.90 Å². The molecule has 122 valence electrons. The van der Waals surface area contributed by atoms with Gasteiger partial charge in [0, 0.05) is 6.07 Å². The zero-order valence-electron chi connectivity index (χ0n) is 12.4. The van der Waals surface area contributed by atoms with Gasteiger partial charge in [0.05, 0.1) is 30.4 Å². The highest BCUT2D eigenvalue weighted by atomic mass is 32.2. The number of carboxylic acid groups (broad SMARTS) is 1. The van der Waals surface area contributed by atoms with Gasteiger partial charge >= 0.3 is 5.97 Å². The molecule has 2 N–H and O–H groups in total. The zero-order valence-corrected chi connectivity index (χ0v) is 13.3. The molecule has 0 unspecified atom stereocenters. The smallest absolute Gasteiger partial charge is 0.335 e. The number of carboxylic acids is 1. The summed E-state index contributed by atoms with van der Waals surface area (Å²) in [6.45, 7) is 0. The summed E-state index contributed by atoms with van der Waals surface area (Å²) in [7, 11) is -1.07. The number of nitrogens with one attached hydrogen (secondary N) is 1. The van der Waals surface area contributed by atoms with Crippen LogP contribution < -0.4 is 14.2 Å². The van der Waals surface area contributed by atoms with Gasteiger partial charge in [0.2, 0.25) is 0 Å². The molecule has 0 amide bonds. The molecule has 7 nitrogen and oxygen atoms in total. The molecular formula is C15H15NO6S. The largest absolute Gasteiger partial charge is 0.497 e. The number of hydrogen-bond donors (Lipinski definition) is 2. The number of benzene rings is 2. The molecule has 0 atom stereocenters. The molecule has 2 rings (SSSR count). The summed E-state index contributed by atoms with van der Waals surface area (Å²) in [6, 6.07) is 9.68. The monoisotopic (exact) mass is 337 g/mol. The van der Waals surface area contributed by atoms with Crippen LogP contribution in [0.3, 0.4) is 0 Å². The Bertz CT molecular complexity index is 832. The second-order valence-corrected chi connectivity index (χ2v) is 6.19. The molecule has 0 aliphatic carbocycles. The lowest BCUT2D eigenvalue weighted by Gasteiger charge is -2.13. The van der Waals surface area contributed by atoms with Crippen LogP contribution >= 0.6 is 0 Å². The van der Waals surface area contributed by atoms with E-state index in [4.69, 9.17) is 14.6 Å². The highest BCUT2D eigenvalue weighted by Gasteiger charge is 2.18. The summed E-state index contributed by atoms with van der Waals surface area (Å²) in [5.41, 5.74) is 0.101. The molecule has 0 aromatic heterocycles. The van der Waals surface area contributed by atoms with Crippen LogP contribution in [0, 0.1) is 0 Å². The Morgan fingerprint density at radius 1 is 1.09 bits per heavy atom. The van der Waals surface area contributed by atoms with Crippen molar-refractivity contribution in [1.29, 1.82) is 0 Å². The summed E-state index contributed by atoms with van der Waals surface area (Å²) in [4.78, 5) is 10.8. The van der Waals surface area contributed by atoms with Gasteiger partial charge in [-0.3, -0.25) is 4.72 Å². The minimum absolute atomic E-state index is 0.116. The fourth-order valence-electron chi connectivity index (χ4n) is 1.88. The van der Waals surface area contributed by atoms with E-state index in [1.54, 1.807) is 6.07 Å². The van der Waals surface area contributed by atoms with Gasteiger partial charge in [-0.05, 0) is 30.3 Å². The molecule has 8 heteroatoms. The lowest BCUT2D eigenvalue weighted by Crippen LogP contribution is -2.14. The predicted octanol–water partition coefficient (Wildman–Crippen LogP) is 2.20. The van der Waals surface area contributed by atoms with Crippen LogP contribution in [0.2, 0.25) is 0 Å². The Morgan fingerprint density at radius 3 is 2.43 bits per heavy atom. The molecule has 2 aromatic carbocycles. The number of ether oxygens (including phenoxy) is 2. The standard InChI is InChI=1S/C15H15NO6S/c1-21-11-6-7-13(14(9-11)22-2)16-23(19,20)12-5-3-4-10(8-12)15(17)18/h3-9,16H,1-2H3,(H,17,18). The van der Waals surface area contributed by atoms with Crippen molar-refractivity contribution in [2.24, 2.45) is 0 Å². The van der Waals surface area contributed by atoms with Crippen molar-refractivity contribution >= 4 is 21.7 Å². The first-order chi connectivity index (χ1) is 10.9. The fraction of sp³-hybridized carbons (Fsp3) is 0.133. The quantitative estimate of drug-likeness (QED) is 0.838. The fourth-order valence-corrected chi connectivity index (χ4v) is 3.00. The summed E-state index contributed by atoms with van der Waals surface area (Å²) in [5, 5.41) is 8.96. The highest BCUT2D eigenvalue weighted by Crippen LogP contribution is 2.30. The summed E-state index contributed by atoms with van der Waals surface area (Å²) in [6.07, 6.45) is 0. The maximum Gasteiger partial charge on any atom is 0.335 e. The van der Waals surface area contributed by atoms with Gasteiger partial charge in [-0.2, -0.15) is 0 Å². The minimum atomic E-state index is -3.96. The van der Waals surface area contributed by atoms with Crippen LogP contribution in [0.5, 0.6) is 11.5 Å². The summed E-state index contributed by atoms with van der Waals surface area (Å²) in [5.74, 6) is -0.413. The van der Waals surface area contributed by atoms with E-state index in [2.05, 4.69) is 4.72 Å². The predicted molar refractivity (Wildman–Crippen MR) is 83.8 cm³/mol. The van der Waals surface area contributed by atoms with E-state index in [-0.39, 0.29) is 21.9 Å². The van der Waals surface area contributed by atoms with E-state index >= 15 is 0 Å².